The lowest BCUT2D eigenvalue weighted by Gasteiger charge is -2.10. The van der Waals surface area contributed by atoms with Crippen LogP contribution in [0.5, 0.6) is 0 Å². The molecule has 1 heterocycles. The van der Waals surface area contributed by atoms with Gasteiger partial charge in [-0.3, -0.25) is 4.79 Å². The maximum atomic E-state index is 12.1. The molecule has 3 nitrogen and oxygen atoms in total. The van der Waals surface area contributed by atoms with Crippen LogP contribution in [0, 0.1) is 0 Å². The Morgan fingerprint density at radius 3 is 3.00 bits per heavy atom. The molecule has 1 aromatic heterocycles. The minimum atomic E-state index is 0.176. The van der Waals surface area contributed by atoms with Gasteiger partial charge in [-0.25, -0.2) is 0 Å². The molecule has 0 aromatic carbocycles. The van der Waals surface area contributed by atoms with Crippen LogP contribution in [0.15, 0.2) is 10.9 Å². The summed E-state index contributed by atoms with van der Waals surface area (Å²) in [5.41, 5.74) is 3.71. The number of hydrogen-bond acceptors (Lipinski definition) is 2. The average molecular weight is 234 g/mol. The van der Waals surface area contributed by atoms with Gasteiger partial charge in [0.15, 0.2) is 0 Å². The quantitative estimate of drug-likeness (QED) is 0.788. The molecule has 3 heteroatoms. The SMILES string of the molecule is CCCCNCc1cc2c(n(C)c1=O)CCC2. The van der Waals surface area contributed by atoms with Crippen LogP contribution in [-0.2, 0) is 26.4 Å². The zero-order valence-electron chi connectivity index (χ0n) is 10.9. The van der Waals surface area contributed by atoms with Gasteiger partial charge in [-0.15, -0.1) is 0 Å². The van der Waals surface area contributed by atoms with E-state index >= 15 is 0 Å². The van der Waals surface area contributed by atoms with Crippen molar-refractivity contribution in [3.63, 3.8) is 0 Å². The summed E-state index contributed by atoms with van der Waals surface area (Å²) in [6.45, 7) is 3.88. The summed E-state index contributed by atoms with van der Waals surface area (Å²) in [5, 5.41) is 3.35. The molecule has 0 aliphatic heterocycles. The zero-order chi connectivity index (χ0) is 12.3. The number of nitrogens with one attached hydrogen (secondary N) is 1. The van der Waals surface area contributed by atoms with Gasteiger partial charge in [0.1, 0.15) is 0 Å². The first-order valence-corrected chi connectivity index (χ1v) is 6.65. The molecule has 0 radical (unpaired) electrons. The maximum Gasteiger partial charge on any atom is 0.255 e. The molecule has 0 fully saturated rings. The first kappa shape index (κ1) is 12.4. The summed E-state index contributed by atoms with van der Waals surface area (Å²) in [5.74, 6) is 0. The fourth-order valence-electron chi connectivity index (χ4n) is 2.55. The van der Waals surface area contributed by atoms with E-state index in [4.69, 9.17) is 0 Å². The lowest BCUT2D eigenvalue weighted by molar-refractivity contribution is 0.631. The van der Waals surface area contributed by atoms with Gasteiger partial charge in [-0.2, -0.15) is 0 Å². The normalized spacial score (nSPS) is 14.0. The summed E-state index contributed by atoms with van der Waals surface area (Å²) >= 11 is 0. The molecule has 2 rings (SSSR count). The maximum absolute atomic E-state index is 12.1. The van der Waals surface area contributed by atoms with Gasteiger partial charge in [-0.1, -0.05) is 13.3 Å². The first-order valence-electron chi connectivity index (χ1n) is 6.65. The molecule has 1 aliphatic rings. The highest BCUT2D eigenvalue weighted by atomic mass is 16.1. The average Bonchev–Trinajstić information content (AvgIpc) is 2.79. The Morgan fingerprint density at radius 2 is 2.24 bits per heavy atom. The highest BCUT2D eigenvalue weighted by Gasteiger charge is 2.16. The number of aryl methyl sites for hydroxylation is 1. The van der Waals surface area contributed by atoms with Crippen molar-refractivity contribution in [3.05, 3.63) is 33.2 Å². The molecule has 0 saturated carbocycles. The van der Waals surface area contributed by atoms with Gasteiger partial charge < -0.3 is 9.88 Å². The molecular weight excluding hydrogens is 212 g/mol. The molecule has 1 N–H and O–H groups in total. The van der Waals surface area contributed by atoms with E-state index in [1.807, 2.05) is 11.6 Å². The first-order chi connectivity index (χ1) is 8.24. The van der Waals surface area contributed by atoms with Crippen LogP contribution in [0.4, 0.5) is 0 Å². The van der Waals surface area contributed by atoms with Crippen molar-refractivity contribution < 1.29 is 0 Å². The van der Waals surface area contributed by atoms with E-state index in [2.05, 4.69) is 18.3 Å². The van der Waals surface area contributed by atoms with Crippen molar-refractivity contribution in [2.75, 3.05) is 6.54 Å². The highest BCUT2D eigenvalue weighted by Crippen LogP contribution is 2.20. The Balaban J connectivity index is 2.13. The van der Waals surface area contributed by atoms with Crippen molar-refractivity contribution in [3.8, 4) is 0 Å². The Bertz CT molecular complexity index is 448. The molecule has 1 aromatic rings. The third-order valence-corrected chi connectivity index (χ3v) is 3.59. The van der Waals surface area contributed by atoms with Crippen LogP contribution in [0.1, 0.15) is 43.0 Å². The number of hydrogen-bond donors (Lipinski definition) is 1. The van der Waals surface area contributed by atoms with E-state index in [-0.39, 0.29) is 5.56 Å². The van der Waals surface area contributed by atoms with Gasteiger partial charge in [0.05, 0.1) is 0 Å². The Morgan fingerprint density at radius 1 is 1.41 bits per heavy atom. The van der Waals surface area contributed by atoms with Crippen molar-refractivity contribution in [1.82, 2.24) is 9.88 Å². The topological polar surface area (TPSA) is 34.0 Å². The molecule has 0 amide bonds. The van der Waals surface area contributed by atoms with Gasteiger partial charge in [0.2, 0.25) is 0 Å². The lowest BCUT2D eigenvalue weighted by Crippen LogP contribution is -2.28. The standard InChI is InChI=1S/C14H22N2O/c1-3-4-8-15-10-12-9-11-6-5-7-13(11)16(2)14(12)17/h9,15H,3-8,10H2,1-2H3. The monoisotopic (exact) mass is 234 g/mol. The predicted octanol–water partition coefficient (Wildman–Crippen LogP) is 1.76. The van der Waals surface area contributed by atoms with Crippen LogP contribution in [0.3, 0.4) is 0 Å². The largest absolute Gasteiger partial charge is 0.315 e. The Hall–Kier alpha value is -1.09. The molecule has 17 heavy (non-hydrogen) atoms. The third kappa shape index (κ3) is 2.60. The second-order valence-corrected chi connectivity index (χ2v) is 4.89. The number of unbranched alkanes of at least 4 members (excludes halogenated alkanes) is 1. The minimum Gasteiger partial charge on any atom is -0.315 e. The number of aromatic nitrogens is 1. The molecule has 0 saturated heterocycles. The molecule has 94 valence electrons. The fraction of sp³-hybridized carbons (Fsp3) is 0.643. The van der Waals surface area contributed by atoms with E-state index in [9.17, 15) is 4.79 Å². The zero-order valence-corrected chi connectivity index (χ0v) is 10.9. The van der Waals surface area contributed by atoms with Crippen molar-refractivity contribution in [2.45, 2.75) is 45.6 Å². The Kier molecular flexibility index (Phi) is 4.00. The summed E-state index contributed by atoms with van der Waals surface area (Å²) in [6.07, 6.45) is 5.74. The van der Waals surface area contributed by atoms with E-state index in [1.54, 1.807) is 0 Å². The minimum absolute atomic E-state index is 0.176. The summed E-state index contributed by atoms with van der Waals surface area (Å²) in [4.78, 5) is 12.1. The second kappa shape index (κ2) is 5.50. The molecular formula is C14H22N2O. The van der Waals surface area contributed by atoms with Crippen molar-refractivity contribution in [1.29, 1.82) is 0 Å². The van der Waals surface area contributed by atoms with Crippen LogP contribution in [-0.4, -0.2) is 11.1 Å². The van der Waals surface area contributed by atoms with Gasteiger partial charge in [-0.05, 0) is 43.9 Å². The molecule has 1 aliphatic carbocycles. The van der Waals surface area contributed by atoms with E-state index in [0.29, 0.717) is 6.54 Å². The van der Waals surface area contributed by atoms with Crippen molar-refractivity contribution in [2.24, 2.45) is 7.05 Å². The smallest absolute Gasteiger partial charge is 0.255 e. The van der Waals surface area contributed by atoms with Crippen LogP contribution in [0.2, 0.25) is 0 Å². The van der Waals surface area contributed by atoms with E-state index in [1.165, 1.54) is 30.5 Å². The van der Waals surface area contributed by atoms with Crippen LogP contribution in [0.25, 0.3) is 0 Å². The number of rotatable bonds is 5. The lowest BCUT2D eigenvalue weighted by atomic mass is 10.1. The molecule has 0 atom stereocenters. The van der Waals surface area contributed by atoms with Gasteiger partial charge in [0, 0.05) is 24.8 Å². The molecule has 0 unspecified atom stereocenters. The predicted molar refractivity (Wildman–Crippen MR) is 70.3 cm³/mol. The van der Waals surface area contributed by atoms with Crippen LogP contribution < -0.4 is 10.9 Å². The fourth-order valence-corrected chi connectivity index (χ4v) is 2.55. The number of nitrogens with zero attached hydrogens (tertiary/aromatic N) is 1. The van der Waals surface area contributed by atoms with Crippen molar-refractivity contribution >= 4 is 0 Å². The van der Waals surface area contributed by atoms with Gasteiger partial charge in [0.25, 0.3) is 5.56 Å². The summed E-state index contributed by atoms with van der Waals surface area (Å²) < 4.78 is 1.85. The highest BCUT2D eigenvalue weighted by molar-refractivity contribution is 5.30. The van der Waals surface area contributed by atoms with Crippen LogP contribution >= 0.6 is 0 Å². The second-order valence-electron chi connectivity index (χ2n) is 4.89. The molecule has 0 spiro atoms. The summed E-state index contributed by atoms with van der Waals surface area (Å²) in [6, 6.07) is 2.11. The third-order valence-electron chi connectivity index (χ3n) is 3.59. The summed E-state index contributed by atoms with van der Waals surface area (Å²) in [7, 11) is 1.90. The Labute approximate surface area is 103 Å². The number of pyridine rings is 1. The molecule has 0 bridgehead atoms. The van der Waals surface area contributed by atoms with E-state index in [0.717, 1.165) is 24.9 Å². The van der Waals surface area contributed by atoms with Gasteiger partial charge >= 0.3 is 0 Å². The van der Waals surface area contributed by atoms with E-state index < -0.39 is 0 Å². The number of fused-ring (bicyclic) bond motifs is 1.